The van der Waals surface area contributed by atoms with Gasteiger partial charge >= 0.3 is 0 Å². The summed E-state index contributed by atoms with van der Waals surface area (Å²) in [6.07, 6.45) is 0. The van der Waals surface area contributed by atoms with Gasteiger partial charge in [0.1, 0.15) is 5.69 Å². The normalized spacial score (nSPS) is 12.4. The van der Waals surface area contributed by atoms with Crippen molar-refractivity contribution >= 4 is 22.7 Å². The molecule has 0 aliphatic rings. The van der Waals surface area contributed by atoms with Crippen molar-refractivity contribution in [2.45, 2.75) is 39.7 Å². The second-order valence-corrected chi connectivity index (χ2v) is 6.30. The topological polar surface area (TPSA) is 68.1 Å². The highest BCUT2D eigenvalue weighted by molar-refractivity contribution is 7.09. The minimum Gasteiger partial charge on any atom is -0.371 e. The van der Waals surface area contributed by atoms with Crippen LogP contribution < -0.4 is 5.32 Å². The number of hydrogen-bond acceptors (Lipinski definition) is 5. The first kappa shape index (κ1) is 15.4. The second-order valence-electron chi connectivity index (χ2n) is 5.41. The molecule has 0 bridgehead atoms. The van der Waals surface area contributed by atoms with Gasteiger partial charge in [-0.2, -0.15) is 0 Å². The van der Waals surface area contributed by atoms with Gasteiger partial charge in [-0.25, -0.2) is 4.98 Å². The van der Waals surface area contributed by atoms with Crippen molar-refractivity contribution in [2.75, 3.05) is 5.32 Å². The molecule has 2 aromatic rings. The van der Waals surface area contributed by atoms with E-state index in [9.17, 15) is 10.1 Å². The van der Waals surface area contributed by atoms with Crippen molar-refractivity contribution in [1.29, 1.82) is 0 Å². The molecule has 1 unspecified atom stereocenters. The summed E-state index contributed by atoms with van der Waals surface area (Å²) in [5.74, 6) is 0.393. The van der Waals surface area contributed by atoms with Gasteiger partial charge in [0.15, 0.2) is 0 Å². The first-order valence-electron chi connectivity index (χ1n) is 6.85. The minimum absolute atomic E-state index is 0.0739. The summed E-state index contributed by atoms with van der Waals surface area (Å²) in [7, 11) is 0. The molecular weight excluding hydrogens is 286 g/mol. The Morgan fingerprint density at radius 2 is 2.05 bits per heavy atom. The molecule has 6 heteroatoms. The summed E-state index contributed by atoms with van der Waals surface area (Å²) in [6.45, 7) is 8.01. The number of thiazole rings is 1. The molecule has 0 spiro atoms. The molecule has 0 fully saturated rings. The number of aromatic nitrogens is 1. The molecule has 0 aliphatic carbocycles. The SMILES string of the molecule is Cc1ccc(NC(C)c2csc(C(C)C)n2)c([N+](=O)[O-])c1. The first-order chi connectivity index (χ1) is 9.88. The van der Waals surface area contributed by atoms with E-state index in [1.165, 1.54) is 0 Å². The maximum atomic E-state index is 11.1. The highest BCUT2D eigenvalue weighted by Crippen LogP contribution is 2.30. The first-order valence-corrected chi connectivity index (χ1v) is 7.73. The van der Waals surface area contributed by atoms with Crippen LogP contribution in [-0.2, 0) is 0 Å². The minimum atomic E-state index is -0.358. The zero-order valence-electron chi connectivity index (χ0n) is 12.6. The van der Waals surface area contributed by atoms with Crippen LogP contribution in [0.15, 0.2) is 23.6 Å². The number of benzene rings is 1. The van der Waals surface area contributed by atoms with Crippen LogP contribution in [0.4, 0.5) is 11.4 Å². The third kappa shape index (κ3) is 3.58. The molecule has 1 aromatic carbocycles. The van der Waals surface area contributed by atoms with Gasteiger partial charge in [-0.1, -0.05) is 19.9 Å². The number of aryl methyl sites for hydroxylation is 1. The number of anilines is 1. The van der Waals surface area contributed by atoms with Crippen LogP contribution in [0.3, 0.4) is 0 Å². The zero-order chi connectivity index (χ0) is 15.6. The lowest BCUT2D eigenvalue weighted by Gasteiger charge is -2.13. The van der Waals surface area contributed by atoms with Crippen LogP contribution >= 0.6 is 11.3 Å². The van der Waals surface area contributed by atoms with E-state index in [4.69, 9.17) is 0 Å². The van der Waals surface area contributed by atoms with Gasteiger partial charge in [0.2, 0.25) is 0 Å². The fourth-order valence-corrected chi connectivity index (χ4v) is 2.92. The standard InChI is InChI=1S/C15H19N3O2S/c1-9(2)15-17-13(8-21-15)11(4)16-12-6-5-10(3)7-14(12)18(19)20/h5-9,11,16H,1-4H3. The Balaban J connectivity index is 2.22. The molecule has 0 amide bonds. The van der Waals surface area contributed by atoms with Crippen molar-refractivity contribution < 1.29 is 4.92 Å². The zero-order valence-corrected chi connectivity index (χ0v) is 13.4. The van der Waals surface area contributed by atoms with Crippen molar-refractivity contribution in [3.63, 3.8) is 0 Å². The predicted octanol–water partition coefficient (Wildman–Crippen LogP) is 4.66. The predicted molar refractivity (Wildman–Crippen MR) is 86.1 cm³/mol. The van der Waals surface area contributed by atoms with E-state index in [0.717, 1.165) is 16.3 Å². The molecule has 0 saturated heterocycles. The van der Waals surface area contributed by atoms with Crippen molar-refractivity contribution in [3.8, 4) is 0 Å². The Hall–Kier alpha value is -1.95. The molecule has 1 heterocycles. The highest BCUT2D eigenvalue weighted by Gasteiger charge is 2.18. The van der Waals surface area contributed by atoms with Crippen LogP contribution in [0.5, 0.6) is 0 Å². The Morgan fingerprint density at radius 1 is 1.33 bits per heavy atom. The molecular formula is C15H19N3O2S. The fourth-order valence-electron chi connectivity index (χ4n) is 1.99. The largest absolute Gasteiger partial charge is 0.371 e. The average Bonchev–Trinajstić information content (AvgIpc) is 2.90. The van der Waals surface area contributed by atoms with E-state index in [-0.39, 0.29) is 16.7 Å². The molecule has 1 atom stereocenters. The summed E-state index contributed by atoms with van der Waals surface area (Å²) < 4.78 is 0. The maximum absolute atomic E-state index is 11.1. The quantitative estimate of drug-likeness (QED) is 0.644. The summed E-state index contributed by atoms with van der Waals surface area (Å²) in [4.78, 5) is 15.4. The summed E-state index contributed by atoms with van der Waals surface area (Å²) in [5, 5.41) is 17.4. The lowest BCUT2D eigenvalue weighted by atomic mass is 10.1. The van der Waals surface area contributed by atoms with Gasteiger partial charge in [-0.3, -0.25) is 10.1 Å². The van der Waals surface area contributed by atoms with E-state index in [1.807, 2.05) is 25.3 Å². The number of nitro benzene ring substituents is 1. The van der Waals surface area contributed by atoms with Crippen molar-refractivity contribution in [3.05, 3.63) is 50.0 Å². The lowest BCUT2D eigenvalue weighted by Crippen LogP contribution is -2.09. The van der Waals surface area contributed by atoms with Crippen molar-refractivity contribution in [1.82, 2.24) is 4.98 Å². The number of hydrogen-bond donors (Lipinski definition) is 1. The second kappa shape index (κ2) is 6.22. The lowest BCUT2D eigenvalue weighted by molar-refractivity contribution is -0.384. The van der Waals surface area contributed by atoms with Gasteiger partial charge < -0.3 is 5.32 Å². The molecule has 0 aliphatic heterocycles. The molecule has 0 radical (unpaired) electrons. The molecule has 0 saturated carbocycles. The van der Waals surface area contributed by atoms with Gasteiger partial charge in [0.05, 0.1) is 21.7 Å². The Morgan fingerprint density at radius 3 is 2.62 bits per heavy atom. The number of rotatable bonds is 5. The third-order valence-corrected chi connectivity index (χ3v) is 4.36. The number of nitrogens with zero attached hydrogens (tertiary/aromatic N) is 2. The average molecular weight is 305 g/mol. The Labute approximate surface area is 128 Å². The van der Waals surface area contributed by atoms with E-state index in [1.54, 1.807) is 23.5 Å². The van der Waals surface area contributed by atoms with Crippen LogP contribution in [-0.4, -0.2) is 9.91 Å². The van der Waals surface area contributed by atoms with E-state index < -0.39 is 0 Å². The van der Waals surface area contributed by atoms with Gasteiger partial charge in [0.25, 0.3) is 5.69 Å². The molecule has 112 valence electrons. The van der Waals surface area contributed by atoms with Gasteiger partial charge in [-0.15, -0.1) is 11.3 Å². The van der Waals surface area contributed by atoms with E-state index in [0.29, 0.717) is 11.6 Å². The van der Waals surface area contributed by atoms with Crippen LogP contribution in [0.1, 0.15) is 49.0 Å². The van der Waals surface area contributed by atoms with E-state index in [2.05, 4.69) is 24.1 Å². The number of nitrogens with one attached hydrogen (secondary N) is 1. The summed E-state index contributed by atoms with van der Waals surface area (Å²) in [5.41, 5.74) is 2.41. The monoisotopic (exact) mass is 305 g/mol. The fraction of sp³-hybridized carbons (Fsp3) is 0.400. The van der Waals surface area contributed by atoms with Gasteiger partial charge in [0, 0.05) is 17.4 Å². The molecule has 1 aromatic heterocycles. The van der Waals surface area contributed by atoms with E-state index >= 15 is 0 Å². The third-order valence-electron chi connectivity index (χ3n) is 3.20. The Kier molecular flexibility index (Phi) is 4.57. The Bertz CT molecular complexity index is 652. The maximum Gasteiger partial charge on any atom is 0.292 e. The molecule has 2 rings (SSSR count). The van der Waals surface area contributed by atoms with Crippen molar-refractivity contribution in [2.24, 2.45) is 0 Å². The summed E-state index contributed by atoms with van der Waals surface area (Å²) in [6, 6.07) is 5.12. The molecule has 21 heavy (non-hydrogen) atoms. The summed E-state index contributed by atoms with van der Waals surface area (Å²) >= 11 is 1.62. The molecule has 5 nitrogen and oxygen atoms in total. The van der Waals surface area contributed by atoms with Crippen LogP contribution in [0, 0.1) is 17.0 Å². The smallest absolute Gasteiger partial charge is 0.292 e. The number of nitro groups is 1. The van der Waals surface area contributed by atoms with Crippen LogP contribution in [0.25, 0.3) is 0 Å². The van der Waals surface area contributed by atoms with Gasteiger partial charge in [-0.05, 0) is 25.5 Å². The molecule has 1 N–H and O–H groups in total. The highest BCUT2D eigenvalue weighted by atomic mass is 32.1. The van der Waals surface area contributed by atoms with Crippen LogP contribution in [0.2, 0.25) is 0 Å².